The van der Waals surface area contributed by atoms with Crippen LogP contribution in [-0.2, 0) is 6.18 Å². The molecule has 2 saturated heterocycles. The highest BCUT2D eigenvalue weighted by Crippen LogP contribution is 2.43. The fourth-order valence-electron chi connectivity index (χ4n) is 4.05. The summed E-state index contributed by atoms with van der Waals surface area (Å²) in [6.45, 7) is 3.05. The van der Waals surface area contributed by atoms with Gasteiger partial charge in [0, 0.05) is 31.6 Å². The lowest BCUT2D eigenvalue weighted by Crippen LogP contribution is -2.57. The molecule has 0 aliphatic carbocycles. The summed E-state index contributed by atoms with van der Waals surface area (Å²) in [6, 6.07) is 0. The van der Waals surface area contributed by atoms with Crippen LogP contribution in [-0.4, -0.2) is 63.4 Å². The van der Waals surface area contributed by atoms with Gasteiger partial charge in [0.05, 0.1) is 31.4 Å². The standard InChI is InChI=1S/C18H17F3N8OS/c1-30-14-13(15-27-25-10-31-15)26-12(6-22-14)28-3-2-17(7-28)8-29(9-17)11-4-23-16(24-5-11)18(19,20)21/h4-6,10H,2-3,7-9H2,1H3. The number of rotatable bonds is 4. The molecule has 162 valence electrons. The van der Waals surface area contributed by atoms with Crippen molar-refractivity contribution in [2.24, 2.45) is 5.41 Å². The number of ether oxygens (including phenoxy) is 1. The quantitative estimate of drug-likeness (QED) is 0.594. The second kappa shape index (κ2) is 7.25. The Morgan fingerprint density at radius 1 is 1.06 bits per heavy atom. The number of hydrogen-bond donors (Lipinski definition) is 0. The van der Waals surface area contributed by atoms with Gasteiger partial charge in [-0.15, -0.1) is 10.2 Å². The maximum absolute atomic E-state index is 12.7. The predicted molar refractivity (Wildman–Crippen MR) is 106 cm³/mol. The van der Waals surface area contributed by atoms with Crippen LogP contribution in [0.2, 0.25) is 0 Å². The molecule has 0 radical (unpaired) electrons. The predicted octanol–water partition coefficient (Wildman–Crippen LogP) is 2.53. The summed E-state index contributed by atoms with van der Waals surface area (Å²) in [5, 5.41) is 8.55. The van der Waals surface area contributed by atoms with Crippen LogP contribution >= 0.6 is 11.3 Å². The van der Waals surface area contributed by atoms with Gasteiger partial charge in [0.25, 0.3) is 0 Å². The Morgan fingerprint density at radius 2 is 1.81 bits per heavy atom. The van der Waals surface area contributed by atoms with Crippen LogP contribution in [0.25, 0.3) is 10.7 Å². The summed E-state index contributed by atoms with van der Waals surface area (Å²) >= 11 is 1.36. The summed E-state index contributed by atoms with van der Waals surface area (Å²) in [5.74, 6) is 0.00793. The third-order valence-electron chi connectivity index (χ3n) is 5.55. The first-order valence-electron chi connectivity index (χ1n) is 9.44. The zero-order valence-corrected chi connectivity index (χ0v) is 17.2. The lowest BCUT2D eigenvalue weighted by molar-refractivity contribution is -0.145. The van der Waals surface area contributed by atoms with Gasteiger partial charge in [-0.3, -0.25) is 0 Å². The summed E-state index contributed by atoms with van der Waals surface area (Å²) in [7, 11) is 1.53. The smallest absolute Gasteiger partial charge is 0.451 e. The molecule has 13 heteroatoms. The van der Waals surface area contributed by atoms with E-state index >= 15 is 0 Å². The molecule has 0 amide bonds. The van der Waals surface area contributed by atoms with Crippen molar-refractivity contribution in [1.29, 1.82) is 0 Å². The number of methoxy groups -OCH3 is 1. The van der Waals surface area contributed by atoms with Crippen LogP contribution in [0.5, 0.6) is 5.88 Å². The van der Waals surface area contributed by atoms with Crippen molar-refractivity contribution in [2.75, 3.05) is 43.1 Å². The number of nitrogens with zero attached hydrogens (tertiary/aromatic N) is 8. The molecule has 2 aliphatic rings. The second-order valence-electron chi connectivity index (χ2n) is 7.62. The Balaban J connectivity index is 1.28. The van der Waals surface area contributed by atoms with Gasteiger partial charge in [0.1, 0.15) is 11.3 Å². The minimum atomic E-state index is -4.53. The Morgan fingerprint density at radius 3 is 2.45 bits per heavy atom. The van der Waals surface area contributed by atoms with Gasteiger partial charge < -0.3 is 14.5 Å². The summed E-state index contributed by atoms with van der Waals surface area (Å²) in [4.78, 5) is 20.1. The normalized spacial score (nSPS) is 17.8. The van der Waals surface area contributed by atoms with E-state index in [0.29, 0.717) is 22.3 Å². The Labute approximate surface area is 179 Å². The number of halogens is 3. The van der Waals surface area contributed by atoms with Crippen molar-refractivity contribution in [1.82, 2.24) is 30.1 Å². The van der Waals surface area contributed by atoms with Gasteiger partial charge in [-0.05, 0) is 6.42 Å². The van der Waals surface area contributed by atoms with Crippen LogP contribution in [0.4, 0.5) is 24.7 Å². The number of aromatic nitrogens is 6. The molecule has 2 fully saturated rings. The molecule has 2 aliphatic heterocycles. The third-order valence-corrected chi connectivity index (χ3v) is 6.25. The van der Waals surface area contributed by atoms with E-state index in [1.165, 1.54) is 30.8 Å². The molecule has 0 unspecified atom stereocenters. The Bertz CT molecular complexity index is 1070. The van der Waals surface area contributed by atoms with Crippen LogP contribution in [0.3, 0.4) is 0 Å². The molecule has 0 atom stereocenters. The number of anilines is 2. The molecule has 3 aromatic heterocycles. The zero-order valence-electron chi connectivity index (χ0n) is 16.4. The SMILES string of the molecule is COc1ncc(N2CCC3(CN(c4cnc(C(F)(F)F)nc4)C3)C2)nc1-c1nncs1. The summed E-state index contributed by atoms with van der Waals surface area (Å²) in [6.07, 6.45) is 0.570. The fourth-order valence-corrected chi connectivity index (χ4v) is 4.58. The first-order chi connectivity index (χ1) is 14.9. The van der Waals surface area contributed by atoms with Crippen molar-refractivity contribution >= 4 is 22.8 Å². The molecule has 1 spiro atoms. The van der Waals surface area contributed by atoms with Gasteiger partial charge in [-0.1, -0.05) is 11.3 Å². The van der Waals surface area contributed by atoms with Crippen LogP contribution in [0, 0.1) is 5.41 Å². The Hall–Kier alpha value is -3.09. The molecule has 9 nitrogen and oxygen atoms in total. The third kappa shape index (κ3) is 3.62. The first-order valence-corrected chi connectivity index (χ1v) is 10.3. The molecule has 0 aromatic carbocycles. The maximum Gasteiger partial charge on any atom is 0.451 e. The van der Waals surface area contributed by atoms with Crippen molar-refractivity contribution < 1.29 is 17.9 Å². The van der Waals surface area contributed by atoms with Crippen molar-refractivity contribution in [3.8, 4) is 16.6 Å². The molecule has 3 aromatic rings. The monoisotopic (exact) mass is 450 g/mol. The van der Waals surface area contributed by atoms with E-state index in [9.17, 15) is 13.2 Å². The zero-order chi connectivity index (χ0) is 21.6. The summed E-state index contributed by atoms with van der Waals surface area (Å²) < 4.78 is 43.3. The lowest BCUT2D eigenvalue weighted by atomic mass is 9.79. The van der Waals surface area contributed by atoms with E-state index in [2.05, 4.69) is 30.0 Å². The van der Waals surface area contributed by atoms with Gasteiger partial charge in [0.2, 0.25) is 11.7 Å². The minimum absolute atomic E-state index is 0.0488. The van der Waals surface area contributed by atoms with Crippen LogP contribution < -0.4 is 14.5 Å². The highest BCUT2D eigenvalue weighted by atomic mass is 32.1. The van der Waals surface area contributed by atoms with Crippen LogP contribution in [0.1, 0.15) is 12.2 Å². The molecule has 0 saturated carbocycles. The lowest BCUT2D eigenvalue weighted by Gasteiger charge is -2.49. The van der Waals surface area contributed by atoms with Gasteiger partial charge in [-0.25, -0.2) is 19.9 Å². The van der Waals surface area contributed by atoms with Gasteiger partial charge in [-0.2, -0.15) is 13.2 Å². The van der Waals surface area contributed by atoms with Crippen molar-refractivity contribution in [3.05, 3.63) is 29.9 Å². The molecule has 5 rings (SSSR count). The number of alkyl halides is 3. The number of hydrogen-bond acceptors (Lipinski definition) is 10. The first kappa shape index (κ1) is 19.8. The highest BCUT2D eigenvalue weighted by Gasteiger charge is 2.48. The molecule has 5 heterocycles. The fraction of sp³-hybridized carbons (Fsp3) is 0.444. The topological polar surface area (TPSA) is 93.1 Å². The van der Waals surface area contributed by atoms with E-state index in [1.807, 2.05) is 4.90 Å². The minimum Gasteiger partial charge on any atom is -0.479 e. The van der Waals surface area contributed by atoms with Crippen LogP contribution in [0.15, 0.2) is 24.1 Å². The van der Waals surface area contributed by atoms with E-state index in [-0.39, 0.29) is 5.41 Å². The highest BCUT2D eigenvalue weighted by molar-refractivity contribution is 7.12. The average Bonchev–Trinajstić information content (AvgIpc) is 3.42. The second-order valence-corrected chi connectivity index (χ2v) is 8.45. The Kier molecular flexibility index (Phi) is 4.64. The molecular weight excluding hydrogens is 433 g/mol. The largest absolute Gasteiger partial charge is 0.479 e. The van der Waals surface area contributed by atoms with E-state index in [4.69, 9.17) is 9.72 Å². The maximum atomic E-state index is 12.7. The van der Waals surface area contributed by atoms with E-state index in [0.717, 1.165) is 38.4 Å². The van der Waals surface area contributed by atoms with Gasteiger partial charge >= 0.3 is 6.18 Å². The molecule has 0 N–H and O–H groups in total. The van der Waals surface area contributed by atoms with Crippen molar-refractivity contribution in [2.45, 2.75) is 12.6 Å². The summed E-state index contributed by atoms with van der Waals surface area (Å²) in [5.41, 5.74) is 2.83. The molecule has 31 heavy (non-hydrogen) atoms. The molecule has 0 bridgehead atoms. The molecular formula is C18H17F3N8OS. The van der Waals surface area contributed by atoms with Crippen molar-refractivity contribution in [3.63, 3.8) is 0 Å². The van der Waals surface area contributed by atoms with Gasteiger partial charge in [0.15, 0.2) is 10.7 Å². The van der Waals surface area contributed by atoms with E-state index in [1.54, 1.807) is 11.7 Å². The average molecular weight is 450 g/mol. The van der Waals surface area contributed by atoms with E-state index < -0.39 is 12.0 Å².